The number of H-pyrrole nitrogens is 1. The van der Waals surface area contributed by atoms with Gasteiger partial charge in [0.2, 0.25) is 0 Å². The Labute approximate surface area is 142 Å². The molecule has 2 heterocycles. The van der Waals surface area contributed by atoms with Crippen molar-refractivity contribution in [2.45, 2.75) is 0 Å². The topological polar surface area (TPSA) is 70.7 Å². The van der Waals surface area contributed by atoms with Crippen LogP contribution in [-0.4, -0.2) is 21.1 Å². The summed E-state index contributed by atoms with van der Waals surface area (Å²) in [5.74, 6) is -1.05. The summed E-state index contributed by atoms with van der Waals surface area (Å²) in [4.78, 5) is 16.4. The summed E-state index contributed by atoms with van der Waals surface area (Å²) in [5, 5.41) is 10.8. The molecule has 4 rings (SSSR count). The Balaban J connectivity index is 1.70. The van der Waals surface area contributed by atoms with E-state index in [1.165, 1.54) is 12.1 Å². The third-order valence-corrected chi connectivity index (χ3v) is 3.87. The lowest BCUT2D eigenvalue weighted by Crippen LogP contribution is -2.13. The minimum absolute atomic E-state index is 0.00211. The van der Waals surface area contributed by atoms with E-state index >= 15 is 0 Å². The number of carbonyl (C=O) groups is 1. The van der Waals surface area contributed by atoms with E-state index in [0.29, 0.717) is 5.69 Å². The number of rotatable bonds is 3. The minimum Gasteiger partial charge on any atom is -0.322 e. The Morgan fingerprint density at radius 1 is 1.08 bits per heavy atom. The van der Waals surface area contributed by atoms with Crippen molar-refractivity contribution in [1.82, 2.24) is 15.2 Å². The Bertz CT molecular complexity index is 1060. The number of benzene rings is 2. The van der Waals surface area contributed by atoms with Gasteiger partial charge in [-0.25, -0.2) is 4.39 Å². The zero-order chi connectivity index (χ0) is 17.2. The molecule has 2 aromatic heterocycles. The molecular formula is C19H13FN4O. The lowest BCUT2D eigenvalue weighted by atomic mass is 10.1. The van der Waals surface area contributed by atoms with Crippen molar-refractivity contribution in [2.24, 2.45) is 0 Å². The van der Waals surface area contributed by atoms with Gasteiger partial charge in [0.25, 0.3) is 5.91 Å². The quantitative estimate of drug-likeness (QED) is 0.595. The number of nitrogens with zero attached hydrogens (tertiary/aromatic N) is 2. The molecule has 122 valence electrons. The molecular weight excluding hydrogens is 319 g/mol. The molecule has 5 nitrogen and oxygen atoms in total. The molecule has 0 atom stereocenters. The second-order valence-corrected chi connectivity index (χ2v) is 5.51. The van der Waals surface area contributed by atoms with Gasteiger partial charge in [0.1, 0.15) is 11.5 Å². The first-order valence-corrected chi connectivity index (χ1v) is 7.67. The van der Waals surface area contributed by atoms with Gasteiger partial charge in [0, 0.05) is 29.0 Å². The van der Waals surface area contributed by atoms with Gasteiger partial charge in [-0.05, 0) is 42.5 Å². The Kier molecular flexibility index (Phi) is 3.70. The zero-order valence-corrected chi connectivity index (χ0v) is 13.0. The molecule has 1 amide bonds. The molecule has 2 aromatic carbocycles. The maximum Gasteiger partial charge on any atom is 0.258 e. The monoisotopic (exact) mass is 332 g/mol. The lowest BCUT2D eigenvalue weighted by Gasteiger charge is -2.06. The van der Waals surface area contributed by atoms with Crippen LogP contribution in [-0.2, 0) is 0 Å². The van der Waals surface area contributed by atoms with Crippen molar-refractivity contribution in [1.29, 1.82) is 0 Å². The first kappa shape index (κ1) is 15.0. The van der Waals surface area contributed by atoms with Crippen LogP contribution >= 0.6 is 0 Å². The van der Waals surface area contributed by atoms with Crippen molar-refractivity contribution in [3.05, 3.63) is 78.4 Å². The fourth-order valence-corrected chi connectivity index (χ4v) is 2.66. The highest BCUT2D eigenvalue weighted by atomic mass is 19.1. The molecule has 0 aliphatic carbocycles. The largest absolute Gasteiger partial charge is 0.322 e. The molecule has 0 fully saturated rings. The van der Waals surface area contributed by atoms with Crippen LogP contribution in [0.15, 0.2) is 67.0 Å². The third kappa shape index (κ3) is 2.85. The Hall–Kier alpha value is -3.54. The van der Waals surface area contributed by atoms with Gasteiger partial charge in [-0.15, -0.1) is 0 Å². The highest BCUT2D eigenvalue weighted by molar-refractivity contribution is 6.06. The van der Waals surface area contributed by atoms with Crippen molar-refractivity contribution < 1.29 is 9.18 Å². The van der Waals surface area contributed by atoms with E-state index in [2.05, 4.69) is 20.5 Å². The molecule has 25 heavy (non-hydrogen) atoms. The Morgan fingerprint density at radius 2 is 1.96 bits per heavy atom. The molecule has 0 saturated heterocycles. The van der Waals surface area contributed by atoms with E-state index in [1.807, 2.05) is 18.2 Å². The van der Waals surface area contributed by atoms with Crippen LogP contribution in [0, 0.1) is 5.82 Å². The first-order valence-electron chi connectivity index (χ1n) is 7.67. The van der Waals surface area contributed by atoms with Crippen molar-refractivity contribution in [3.63, 3.8) is 0 Å². The predicted molar refractivity (Wildman–Crippen MR) is 93.7 cm³/mol. The summed E-state index contributed by atoms with van der Waals surface area (Å²) in [7, 11) is 0. The number of hydrogen-bond donors (Lipinski definition) is 2. The van der Waals surface area contributed by atoms with E-state index in [0.717, 1.165) is 22.2 Å². The lowest BCUT2D eigenvalue weighted by molar-refractivity contribution is 0.102. The molecule has 0 spiro atoms. The van der Waals surface area contributed by atoms with E-state index in [9.17, 15) is 9.18 Å². The highest BCUT2D eigenvalue weighted by Crippen LogP contribution is 2.28. The van der Waals surface area contributed by atoms with Gasteiger partial charge in [-0.2, -0.15) is 5.10 Å². The number of carbonyl (C=O) groups excluding carboxylic acids is 1. The highest BCUT2D eigenvalue weighted by Gasteiger charge is 2.13. The molecule has 4 aromatic rings. The molecule has 2 N–H and O–H groups in total. The second-order valence-electron chi connectivity index (χ2n) is 5.51. The maximum atomic E-state index is 13.7. The van der Waals surface area contributed by atoms with Crippen LogP contribution in [0.1, 0.15) is 10.4 Å². The van der Waals surface area contributed by atoms with Crippen LogP contribution in [0.2, 0.25) is 0 Å². The molecule has 6 heteroatoms. The standard InChI is InChI=1S/C19H13FN4O/c20-16-6-2-1-5-14(16)19(25)22-13-7-8-17-15(10-13)18(24-23-17)12-4-3-9-21-11-12/h1-11H,(H,22,25)(H,23,24). The molecule has 0 unspecified atom stereocenters. The van der Waals surface area contributed by atoms with Gasteiger partial charge in [-0.1, -0.05) is 12.1 Å². The summed E-state index contributed by atoms with van der Waals surface area (Å²) in [6.07, 6.45) is 3.42. The SMILES string of the molecule is O=C(Nc1ccc2[nH]nc(-c3cccnc3)c2c1)c1ccccc1F. The molecule has 0 aliphatic heterocycles. The van der Waals surface area contributed by atoms with Crippen molar-refractivity contribution >= 4 is 22.5 Å². The number of aromatic nitrogens is 3. The normalized spacial score (nSPS) is 10.8. The summed E-state index contributed by atoms with van der Waals surface area (Å²) in [6, 6.07) is 15.0. The van der Waals surface area contributed by atoms with Crippen LogP contribution in [0.25, 0.3) is 22.2 Å². The number of pyridine rings is 1. The number of amides is 1. The van der Waals surface area contributed by atoms with Crippen molar-refractivity contribution in [2.75, 3.05) is 5.32 Å². The maximum absolute atomic E-state index is 13.7. The Morgan fingerprint density at radius 3 is 2.76 bits per heavy atom. The molecule has 0 aliphatic rings. The van der Waals surface area contributed by atoms with E-state index in [1.54, 1.807) is 36.7 Å². The number of fused-ring (bicyclic) bond motifs is 1. The number of hydrogen-bond acceptors (Lipinski definition) is 3. The fraction of sp³-hybridized carbons (Fsp3) is 0. The number of nitrogens with one attached hydrogen (secondary N) is 2. The molecule has 0 radical (unpaired) electrons. The number of aromatic amines is 1. The summed E-state index contributed by atoms with van der Waals surface area (Å²) >= 11 is 0. The second kappa shape index (κ2) is 6.16. The van der Waals surface area contributed by atoms with Crippen molar-refractivity contribution in [3.8, 4) is 11.3 Å². The minimum atomic E-state index is -0.555. The van der Waals surface area contributed by atoms with E-state index in [4.69, 9.17) is 0 Å². The summed E-state index contributed by atoms with van der Waals surface area (Å²) < 4.78 is 13.7. The predicted octanol–water partition coefficient (Wildman–Crippen LogP) is 4.02. The number of anilines is 1. The smallest absolute Gasteiger partial charge is 0.258 e. The van der Waals surface area contributed by atoms with Crippen LogP contribution in [0.5, 0.6) is 0 Å². The van der Waals surface area contributed by atoms with Gasteiger partial charge in [0.05, 0.1) is 11.1 Å². The number of halogens is 1. The van der Waals surface area contributed by atoms with Crippen LogP contribution in [0.4, 0.5) is 10.1 Å². The first-order chi connectivity index (χ1) is 12.2. The summed E-state index contributed by atoms with van der Waals surface area (Å²) in [5.41, 5.74) is 3.01. The van der Waals surface area contributed by atoms with E-state index in [-0.39, 0.29) is 5.56 Å². The van der Waals surface area contributed by atoms with Crippen LogP contribution in [0.3, 0.4) is 0 Å². The van der Waals surface area contributed by atoms with Crippen LogP contribution < -0.4 is 5.32 Å². The van der Waals surface area contributed by atoms with Gasteiger partial charge >= 0.3 is 0 Å². The van der Waals surface area contributed by atoms with E-state index < -0.39 is 11.7 Å². The fourth-order valence-electron chi connectivity index (χ4n) is 2.66. The zero-order valence-electron chi connectivity index (χ0n) is 13.0. The average Bonchev–Trinajstić information content (AvgIpc) is 3.06. The summed E-state index contributed by atoms with van der Waals surface area (Å²) in [6.45, 7) is 0. The van der Waals surface area contributed by atoms with Gasteiger partial charge < -0.3 is 5.32 Å². The molecule has 0 saturated carbocycles. The third-order valence-electron chi connectivity index (χ3n) is 3.87. The average molecular weight is 332 g/mol. The van der Waals surface area contributed by atoms with Gasteiger partial charge in [-0.3, -0.25) is 14.9 Å². The molecule has 0 bridgehead atoms. The van der Waals surface area contributed by atoms with Gasteiger partial charge in [0.15, 0.2) is 0 Å².